The van der Waals surface area contributed by atoms with Crippen LogP contribution in [0, 0.1) is 11.3 Å². The fraction of sp³-hybridized carbons (Fsp3) is 0.125. The molecule has 0 saturated carbocycles. The first-order chi connectivity index (χ1) is 8.83. The number of hydrogen-bond donors (Lipinski definition) is 0. The normalized spacial score (nSPS) is 9.72. The lowest BCUT2D eigenvalue weighted by atomic mass is 10.0. The highest BCUT2D eigenvalue weighted by atomic mass is 16.1. The van der Waals surface area contributed by atoms with E-state index in [1.165, 1.54) is 5.56 Å². The second kappa shape index (κ2) is 5.79. The quantitative estimate of drug-likeness (QED) is 0.762. The van der Waals surface area contributed by atoms with Crippen LogP contribution in [0.15, 0.2) is 48.5 Å². The van der Waals surface area contributed by atoms with Crippen LogP contribution in [0.25, 0.3) is 11.1 Å². The zero-order valence-electron chi connectivity index (χ0n) is 9.97. The summed E-state index contributed by atoms with van der Waals surface area (Å²) in [5.41, 5.74) is 4.05. The summed E-state index contributed by atoms with van der Waals surface area (Å²) < 4.78 is 0. The second-order valence-electron chi connectivity index (χ2n) is 4.09. The summed E-state index contributed by atoms with van der Waals surface area (Å²) in [6.45, 7) is 0. The van der Waals surface area contributed by atoms with Gasteiger partial charge < -0.3 is 4.79 Å². The smallest absolute Gasteiger partial charge is 0.120 e. The molecule has 0 heterocycles. The van der Waals surface area contributed by atoms with Gasteiger partial charge in [0.1, 0.15) is 6.29 Å². The average Bonchev–Trinajstić information content (AvgIpc) is 2.46. The fourth-order valence-electron chi connectivity index (χ4n) is 1.83. The van der Waals surface area contributed by atoms with Gasteiger partial charge in [-0.1, -0.05) is 36.4 Å². The minimum Gasteiger partial charge on any atom is -0.303 e. The molecule has 0 bridgehead atoms. The Hall–Kier alpha value is -2.40. The second-order valence-corrected chi connectivity index (χ2v) is 4.09. The van der Waals surface area contributed by atoms with E-state index in [0.29, 0.717) is 12.0 Å². The maximum Gasteiger partial charge on any atom is 0.120 e. The van der Waals surface area contributed by atoms with Gasteiger partial charge in [0.25, 0.3) is 0 Å². The number of nitrogens with zero attached hydrogens (tertiary/aromatic N) is 1. The van der Waals surface area contributed by atoms with Gasteiger partial charge in [-0.15, -0.1) is 0 Å². The molecule has 0 unspecified atom stereocenters. The van der Waals surface area contributed by atoms with E-state index in [0.717, 1.165) is 23.8 Å². The molecule has 2 aromatic carbocycles. The number of aryl methyl sites for hydroxylation is 1. The Bertz CT molecular complexity index is 562. The molecule has 0 atom stereocenters. The molecular formula is C16H13NO. The molecular weight excluding hydrogens is 222 g/mol. The molecule has 0 fully saturated rings. The summed E-state index contributed by atoms with van der Waals surface area (Å²) >= 11 is 0. The van der Waals surface area contributed by atoms with E-state index in [9.17, 15) is 4.79 Å². The Kier molecular flexibility index (Phi) is 3.88. The van der Waals surface area contributed by atoms with Gasteiger partial charge in [-0.25, -0.2) is 0 Å². The third kappa shape index (κ3) is 2.83. The van der Waals surface area contributed by atoms with Crippen LogP contribution in [0.5, 0.6) is 0 Å². The molecule has 0 saturated heterocycles. The number of nitriles is 1. The van der Waals surface area contributed by atoms with Crippen molar-refractivity contribution in [1.29, 1.82) is 5.26 Å². The summed E-state index contributed by atoms with van der Waals surface area (Å²) in [5.74, 6) is 0. The lowest BCUT2D eigenvalue weighted by molar-refractivity contribution is -0.107. The molecule has 0 N–H and O–H groups in total. The SMILES string of the molecule is N#Cc1ccc(-c2ccc(CCC=O)cc2)cc1. The number of hydrogen-bond acceptors (Lipinski definition) is 2. The van der Waals surface area contributed by atoms with Gasteiger partial charge in [0.05, 0.1) is 11.6 Å². The van der Waals surface area contributed by atoms with Gasteiger partial charge in [-0.2, -0.15) is 5.26 Å². The van der Waals surface area contributed by atoms with Gasteiger partial charge in [0.15, 0.2) is 0 Å². The summed E-state index contributed by atoms with van der Waals surface area (Å²) in [7, 11) is 0. The van der Waals surface area contributed by atoms with Crippen LogP contribution >= 0.6 is 0 Å². The van der Waals surface area contributed by atoms with Crippen LogP contribution < -0.4 is 0 Å². The van der Waals surface area contributed by atoms with Crippen molar-refractivity contribution in [3.8, 4) is 17.2 Å². The Morgan fingerprint density at radius 1 is 0.944 bits per heavy atom. The fourth-order valence-corrected chi connectivity index (χ4v) is 1.83. The van der Waals surface area contributed by atoms with E-state index < -0.39 is 0 Å². The molecule has 0 spiro atoms. The van der Waals surface area contributed by atoms with E-state index >= 15 is 0 Å². The van der Waals surface area contributed by atoms with Crippen molar-refractivity contribution in [2.45, 2.75) is 12.8 Å². The Balaban J connectivity index is 2.18. The number of rotatable bonds is 4. The predicted octanol–water partition coefficient (Wildman–Crippen LogP) is 3.36. The molecule has 2 rings (SSSR count). The van der Waals surface area contributed by atoms with Crippen molar-refractivity contribution in [1.82, 2.24) is 0 Å². The molecule has 0 aliphatic heterocycles. The molecule has 0 aliphatic carbocycles. The topological polar surface area (TPSA) is 40.9 Å². The van der Waals surface area contributed by atoms with Gasteiger partial charge in [0.2, 0.25) is 0 Å². The first kappa shape index (κ1) is 12.1. The number of benzene rings is 2. The van der Waals surface area contributed by atoms with E-state index in [-0.39, 0.29) is 0 Å². The Labute approximate surface area is 107 Å². The van der Waals surface area contributed by atoms with Crippen LogP contribution in [0.3, 0.4) is 0 Å². The summed E-state index contributed by atoms with van der Waals surface area (Å²) in [6, 6.07) is 17.8. The molecule has 2 nitrogen and oxygen atoms in total. The lowest BCUT2D eigenvalue weighted by Gasteiger charge is -2.03. The minimum atomic E-state index is 0.566. The van der Waals surface area contributed by atoms with Crippen molar-refractivity contribution >= 4 is 6.29 Å². The van der Waals surface area contributed by atoms with Crippen molar-refractivity contribution in [3.05, 3.63) is 59.7 Å². The zero-order valence-corrected chi connectivity index (χ0v) is 9.97. The lowest BCUT2D eigenvalue weighted by Crippen LogP contribution is -1.86. The highest BCUT2D eigenvalue weighted by Gasteiger charge is 1.98. The van der Waals surface area contributed by atoms with Crippen molar-refractivity contribution < 1.29 is 4.79 Å². The molecule has 18 heavy (non-hydrogen) atoms. The molecule has 0 aromatic heterocycles. The molecule has 0 amide bonds. The molecule has 0 radical (unpaired) electrons. The van der Waals surface area contributed by atoms with Gasteiger partial charge in [-0.05, 0) is 35.2 Å². The van der Waals surface area contributed by atoms with Crippen molar-refractivity contribution in [2.24, 2.45) is 0 Å². The first-order valence-electron chi connectivity index (χ1n) is 5.86. The summed E-state index contributed by atoms with van der Waals surface area (Å²) in [5, 5.41) is 8.74. The van der Waals surface area contributed by atoms with Crippen LogP contribution in [0.1, 0.15) is 17.5 Å². The Morgan fingerprint density at radius 3 is 2.00 bits per heavy atom. The third-order valence-corrected chi connectivity index (χ3v) is 2.85. The van der Waals surface area contributed by atoms with Crippen molar-refractivity contribution in [3.63, 3.8) is 0 Å². The zero-order chi connectivity index (χ0) is 12.8. The maximum atomic E-state index is 10.3. The predicted molar refractivity (Wildman–Crippen MR) is 71.0 cm³/mol. The monoisotopic (exact) mass is 235 g/mol. The summed E-state index contributed by atoms with van der Waals surface area (Å²) in [4.78, 5) is 10.3. The van der Waals surface area contributed by atoms with Crippen LogP contribution in [0.4, 0.5) is 0 Å². The van der Waals surface area contributed by atoms with Crippen LogP contribution in [0.2, 0.25) is 0 Å². The first-order valence-corrected chi connectivity index (χ1v) is 5.86. The number of carbonyl (C=O) groups excluding carboxylic acids is 1. The minimum absolute atomic E-state index is 0.566. The van der Waals surface area contributed by atoms with E-state index in [1.807, 2.05) is 48.5 Å². The van der Waals surface area contributed by atoms with Crippen LogP contribution in [-0.4, -0.2) is 6.29 Å². The molecule has 88 valence electrons. The van der Waals surface area contributed by atoms with Crippen LogP contribution in [-0.2, 0) is 11.2 Å². The van der Waals surface area contributed by atoms with Crippen molar-refractivity contribution in [2.75, 3.05) is 0 Å². The van der Waals surface area contributed by atoms with Gasteiger partial charge in [-0.3, -0.25) is 0 Å². The maximum absolute atomic E-state index is 10.3. The molecule has 2 heteroatoms. The third-order valence-electron chi connectivity index (χ3n) is 2.85. The molecule has 0 aliphatic rings. The molecule has 2 aromatic rings. The van der Waals surface area contributed by atoms with Gasteiger partial charge >= 0.3 is 0 Å². The largest absolute Gasteiger partial charge is 0.303 e. The number of aldehydes is 1. The van der Waals surface area contributed by atoms with Gasteiger partial charge in [0, 0.05) is 6.42 Å². The highest BCUT2D eigenvalue weighted by Crippen LogP contribution is 2.20. The highest BCUT2D eigenvalue weighted by molar-refractivity contribution is 5.64. The van der Waals surface area contributed by atoms with E-state index in [2.05, 4.69) is 6.07 Å². The van der Waals surface area contributed by atoms with E-state index in [4.69, 9.17) is 5.26 Å². The number of carbonyl (C=O) groups is 1. The van der Waals surface area contributed by atoms with E-state index in [1.54, 1.807) is 0 Å². The summed E-state index contributed by atoms with van der Waals surface area (Å²) in [6.07, 6.45) is 2.29. The standard InChI is InChI=1S/C16H13NO/c17-12-14-5-9-16(10-6-14)15-7-3-13(4-8-15)2-1-11-18/h3-11H,1-2H2. The average molecular weight is 235 g/mol. The Morgan fingerprint density at radius 2 is 1.50 bits per heavy atom.